The van der Waals surface area contributed by atoms with Gasteiger partial charge < -0.3 is 14.2 Å². The number of carbonyl (C=O) groups is 2. The fourth-order valence-electron chi connectivity index (χ4n) is 1.94. The Balaban J connectivity index is 5.44. The van der Waals surface area contributed by atoms with Gasteiger partial charge in [-0.05, 0) is 40.0 Å². The Bertz CT molecular complexity index is 389. The molecule has 0 saturated heterocycles. The first-order chi connectivity index (χ1) is 10.5. The molecule has 0 aliphatic heterocycles. The Morgan fingerprint density at radius 1 is 1.13 bits per heavy atom. The second-order valence-corrected chi connectivity index (χ2v) is 7.12. The lowest BCUT2D eigenvalue weighted by Gasteiger charge is -2.41. The number of methoxy groups -OCH3 is 1. The largest absolute Gasteiger partial charge is 0.464 e. The van der Waals surface area contributed by atoms with E-state index >= 15 is 0 Å². The molecule has 0 saturated carbocycles. The van der Waals surface area contributed by atoms with Gasteiger partial charge >= 0.3 is 12.1 Å². The van der Waals surface area contributed by atoms with Gasteiger partial charge in [0.25, 0.3) is 0 Å². The number of esters is 1. The first-order valence-corrected chi connectivity index (χ1v) is 8.17. The number of amides is 1. The van der Waals surface area contributed by atoms with Gasteiger partial charge in [0.05, 0.1) is 6.61 Å². The molecule has 23 heavy (non-hydrogen) atoms. The molecule has 0 fully saturated rings. The lowest BCUT2D eigenvalue weighted by molar-refractivity contribution is -0.164. The Morgan fingerprint density at radius 3 is 2.09 bits per heavy atom. The van der Waals surface area contributed by atoms with E-state index < -0.39 is 23.2 Å². The summed E-state index contributed by atoms with van der Waals surface area (Å²) < 4.78 is 15.9. The summed E-state index contributed by atoms with van der Waals surface area (Å²) in [7, 11) is 1.47. The van der Waals surface area contributed by atoms with Crippen molar-refractivity contribution in [1.82, 2.24) is 4.90 Å². The van der Waals surface area contributed by atoms with Gasteiger partial charge in [0, 0.05) is 7.11 Å². The Labute approximate surface area is 140 Å². The van der Waals surface area contributed by atoms with Crippen molar-refractivity contribution < 1.29 is 23.8 Å². The molecule has 0 aliphatic rings. The van der Waals surface area contributed by atoms with Gasteiger partial charge in [-0.3, -0.25) is 4.90 Å². The van der Waals surface area contributed by atoms with Gasteiger partial charge in [0.2, 0.25) is 0 Å². The number of hydrogen-bond donors (Lipinski definition) is 0. The quantitative estimate of drug-likeness (QED) is 0.386. The third kappa shape index (κ3) is 6.37. The van der Waals surface area contributed by atoms with E-state index in [1.165, 1.54) is 12.0 Å². The zero-order chi connectivity index (χ0) is 18.3. The van der Waals surface area contributed by atoms with E-state index in [-0.39, 0.29) is 12.6 Å². The van der Waals surface area contributed by atoms with Gasteiger partial charge in [-0.2, -0.15) is 0 Å². The normalized spacial score (nSPS) is 14.3. The third-order valence-electron chi connectivity index (χ3n) is 3.70. The SMILES string of the molecule is CCCCOC(=O)[C@](C)(C(C)C)N(COC)C(=O)OC(C)(C)C. The number of ether oxygens (including phenoxy) is 3. The summed E-state index contributed by atoms with van der Waals surface area (Å²) in [5.74, 6) is -0.608. The highest BCUT2D eigenvalue weighted by atomic mass is 16.6. The Kier molecular flexibility index (Phi) is 8.59. The summed E-state index contributed by atoms with van der Waals surface area (Å²) in [4.78, 5) is 26.5. The molecular formula is C17H33NO5. The summed E-state index contributed by atoms with van der Waals surface area (Å²) in [6.45, 7) is 13.1. The maximum absolute atomic E-state index is 12.6. The second-order valence-electron chi connectivity index (χ2n) is 7.12. The number of nitrogens with zero attached hydrogens (tertiary/aromatic N) is 1. The van der Waals surface area contributed by atoms with Crippen LogP contribution in [0.4, 0.5) is 4.79 Å². The van der Waals surface area contributed by atoms with Crippen molar-refractivity contribution in [3.63, 3.8) is 0 Å². The molecule has 0 heterocycles. The predicted molar refractivity (Wildman–Crippen MR) is 89.1 cm³/mol. The number of carbonyl (C=O) groups excluding carboxylic acids is 2. The van der Waals surface area contributed by atoms with Crippen molar-refractivity contribution in [1.29, 1.82) is 0 Å². The van der Waals surface area contributed by atoms with Crippen LogP contribution in [0.2, 0.25) is 0 Å². The van der Waals surface area contributed by atoms with Crippen molar-refractivity contribution in [2.24, 2.45) is 5.92 Å². The number of rotatable bonds is 8. The fourth-order valence-corrected chi connectivity index (χ4v) is 1.94. The van der Waals surface area contributed by atoms with E-state index in [0.29, 0.717) is 6.61 Å². The lowest BCUT2D eigenvalue weighted by atomic mass is 9.87. The highest BCUT2D eigenvalue weighted by Crippen LogP contribution is 2.28. The number of unbranched alkanes of at least 4 members (excludes halogenated alkanes) is 1. The highest BCUT2D eigenvalue weighted by molar-refractivity contribution is 5.85. The van der Waals surface area contributed by atoms with Crippen LogP contribution >= 0.6 is 0 Å². The van der Waals surface area contributed by atoms with Crippen LogP contribution in [0.15, 0.2) is 0 Å². The molecule has 0 aromatic carbocycles. The van der Waals surface area contributed by atoms with Crippen molar-refractivity contribution >= 4 is 12.1 Å². The molecule has 136 valence electrons. The minimum atomic E-state index is -1.16. The predicted octanol–water partition coefficient (Wildman–Crippen LogP) is 3.59. The standard InChI is InChI=1S/C17H33NO5/c1-9-10-11-22-14(19)17(7,13(2)3)18(12-21-8)15(20)23-16(4,5)6/h13H,9-12H2,1-8H3/t17-/m0/s1. The molecule has 0 aromatic heterocycles. The molecular weight excluding hydrogens is 298 g/mol. The molecule has 0 aliphatic carbocycles. The van der Waals surface area contributed by atoms with Crippen molar-refractivity contribution in [3.05, 3.63) is 0 Å². The molecule has 1 amide bonds. The first kappa shape index (κ1) is 21.7. The van der Waals surface area contributed by atoms with E-state index in [1.54, 1.807) is 27.7 Å². The zero-order valence-corrected chi connectivity index (χ0v) is 15.9. The van der Waals surface area contributed by atoms with Crippen molar-refractivity contribution in [2.75, 3.05) is 20.4 Å². The minimum Gasteiger partial charge on any atom is -0.464 e. The molecule has 0 rings (SSSR count). The summed E-state index contributed by atoms with van der Waals surface area (Å²) in [5, 5.41) is 0. The molecule has 0 aromatic rings. The summed E-state index contributed by atoms with van der Waals surface area (Å²) in [5.41, 5.74) is -1.82. The molecule has 0 N–H and O–H groups in total. The lowest BCUT2D eigenvalue weighted by Crippen LogP contribution is -2.60. The second kappa shape index (κ2) is 9.11. The number of hydrogen-bond acceptors (Lipinski definition) is 5. The molecule has 6 heteroatoms. The smallest absolute Gasteiger partial charge is 0.413 e. The van der Waals surface area contributed by atoms with Crippen LogP contribution in [-0.2, 0) is 19.0 Å². The third-order valence-corrected chi connectivity index (χ3v) is 3.70. The maximum atomic E-state index is 12.6. The van der Waals surface area contributed by atoms with Gasteiger partial charge in [-0.1, -0.05) is 27.2 Å². The fraction of sp³-hybridized carbons (Fsp3) is 0.882. The Hall–Kier alpha value is -1.30. The van der Waals surface area contributed by atoms with Crippen LogP contribution in [0, 0.1) is 5.92 Å². The van der Waals surface area contributed by atoms with Crippen molar-refractivity contribution in [2.45, 2.75) is 72.4 Å². The van der Waals surface area contributed by atoms with Gasteiger partial charge in [-0.15, -0.1) is 0 Å². The van der Waals surface area contributed by atoms with E-state index in [9.17, 15) is 9.59 Å². The monoisotopic (exact) mass is 331 g/mol. The average Bonchev–Trinajstić information content (AvgIpc) is 2.41. The van der Waals surface area contributed by atoms with Crippen LogP contribution in [-0.4, -0.2) is 48.5 Å². The van der Waals surface area contributed by atoms with E-state index in [0.717, 1.165) is 12.8 Å². The van der Waals surface area contributed by atoms with Crippen LogP contribution in [0.5, 0.6) is 0 Å². The first-order valence-electron chi connectivity index (χ1n) is 8.17. The molecule has 0 radical (unpaired) electrons. The van der Waals surface area contributed by atoms with Gasteiger partial charge in [0.1, 0.15) is 17.9 Å². The molecule has 6 nitrogen and oxygen atoms in total. The van der Waals surface area contributed by atoms with Crippen molar-refractivity contribution in [3.8, 4) is 0 Å². The highest BCUT2D eigenvalue weighted by Gasteiger charge is 2.47. The zero-order valence-electron chi connectivity index (χ0n) is 15.9. The van der Waals surface area contributed by atoms with E-state index in [2.05, 4.69) is 0 Å². The topological polar surface area (TPSA) is 65.1 Å². The molecule has 0 spiro atoms. The van der Waals surface area contributed by atoms with Gasteiger partial charge in [0.15, 0.2) is 0 Å². The summed E-state index contributed by atoms with van der Waals surface area (Å²) in [6.07, 6.45) is 1.12. The maximum Gasteiger partial charge on any atom is 0.413 e. The van der Waals surface area contributed by atoms with Crippen LogP contribution in [0.1, 0.15) is 61.3 Å². The van der Waals surface area contributed by atoms with E-state index in [1.807, 2.05) is 20.8 Å². The van der Waals surface area contributed by atoms with Crippen LogP contribution in [0.25, 0.3) is 0 Å². The Morgan fingerprint density at radius 2 is 1.70 bits per heavy atom. The van der Waals surface area contributed by atoms with Gasteiger partial charge in [-0.25, -0.2) is 9.59 Å². The summed E-state index contributed by atoms with van der Waals surface area (Å²) in [6, 6.07) is 0. The summed E-state index contributed by atoms with van der Waals surface area (Å²) >= 11 is 0. The molecule has 1 atom stereocenters. The van der Waals surface area contributed by atoms with Crippen LogP contribution < -0.4 is 0 Å². The minimum absolute atomic E-state index is 0.0491. The van der Waals surface area contributed by atoms with E-state index in [4.69, 9.17) is 14.2 Å². The molecule has 0 unspecified atom stereocenters. The van der Waals surface area contributed by atoms with Crippen LogP contribution in [0.3, 0.4) is 0 Å². The average molecular weight is 331 g/mol. The molecule has 0 bridgehead atoms.